The van der Waals surface area contributed by atoms with Crippen LogP contribution in [0.3, 0.4) is 0 Å². The predicted molar refractivity (Wildman–Crippen MR) is 570 cm³/mol. The van der Waals surface area contributed by atoms with E-state index in [1.807, 2.05) is 77.4 Å². The summed E-state index contributed by atoms with van der Waals surface area (Å²) in [5, 5.41) is 4.93. The van der Waals surface area contributed by atoms with Crippen molar-refractivity contribution in [2.24, 2.45) is 0 Å². The second-order valence-electron chi connectivity index (χ2n) is 38.0. The Morgan fingerprint density at radius 2 is 0.686 bits per heavy atom. The second-order valence-corrected chi connectivity index (χ2v) is 38.0. The summed E-state index contributed by atoms with van der Waals surface area (Å²) < 4.78 is 20.1. The van der Waals surface area contributed by atoms with Crippen molar-refractivity contribution < 1.29 is 23.9 Å². The molecule has 0 unspecified atom stereocenters. The van der Waals surface area contributed by atoms with Crippen LogP contribution in [0.5, 0.6) is 11.5 Å². The molecule has 3 fully saturated rings. The van der Waals surface area contributed by atoms with Gasteiger partial charge in [-0.25, -0.2) is 9.97 Å². The highest BCUT2D eigenvalue weighted by atomic mass is 16.5. The van der Waals surface area contributed by atoms with Crippen LogP contribution in [-0.2, 0) is 66.4 Å². The number of aryl methyl sites for hydroxylation is 6. The molecule has 0 radical (unpaired) electrons. The number of hydrogen-bond donors (Lipinski definition) is 0. The molecule has 0 saturated carbocycles. The monoisotopic (exact) mass is 1850 g/mol. The highest BCUT2D eigenvalue weighted by molar-refractivity contribution is 6.01. The van der Waals surface area contributed by atoms with E-state index in [1.54, 1.807) is 32.4 Å². The number of nitrogens with zero attached hydrogens (tertiary/aromatic N) is 16. The van der Waals surface area contributed by atoms with Gasteiger partial charge in [0.1, 0.15) is 23.1 Å². The van der Waals surface area contributed by atoms with E-state index >= 15 is 0 Å². The number of ether oxygens (including phenoxy) is 2. The van der Waals surface area contributed by atoms with Gasteiger partial charge in [0.25, 0.3) is 0 Å². The lowest BCUT2D eigenvalue weighted by molar-refractivity contribution is -0.128. The van der Waals surface area contributed by atoms with Crippen molar-refractivity contribution in [3.8, 4) is 22.8 Å². The maximum Gasteiger partial charge on any atom is 0.246 e. The number of amides is 2. The summed E-state index contributed by atoms with van der Waals surface area (Å²) in [4.78, 5) is 71.0. The standard InChI is InChI=1S/C31H40N6.C30H40N4O2.C29H38N4O2.C26H32N2O/c1-24-31(27-13-8-9-14-29(27)37(24)17-10-16-34(3)4)28-23-30(33-25(2)32-28)36-21-19-35(20-22-36)18-15-26-11-6-5-7-12-26;1-24-27(28-8-5-6-9-29(28)34(24)18-7-17-31(2)3)14-15-30(35)33-22-20-32(21-23-33)19-16-25-10-12-26(36-4)13-11-25;1-23-26(27-8-5-6-9-28(27)33(23)17-7-16-30(2)3)14-15-29(34)32-20-18-31(19-21-32)22-24-10-12-25(35-4)13-11-24;1-21-24(18-17-23(29)14-9-13-22-11-5-4-6-12-22)25-15-7-8-16-26(25)28(21)20-10-19-27(2)3/h5-9,11-14,23H,10,15-22H2,1-4H3;5-6,8-15H,7,16-23H2,1-4H3;5-6,8-15H,7,16-22H2,1-4H3;4-8,11-12,15-18H,9-10,13-14,19-20H2,1-3H3/b;2*15-14+;18-17+. The van der Waals surface area contributed by atoms with E-state index in [2.05, 4.69) is 311 Å². The van der Waals surface area contributed by atoms with Crippen LogP contribution in [0.4, 0.5) is 5.82 Å². The first-order chi connectivity index (χ1) is 66.5. The molecule has 13 aromatic rings. The van der Waals surface area contributed by atoms with Crippen molar-refractivity contribution in [3.05, 3.63) is 298 Å². The van der Waals surface area contributed by atoms with Gasteiger partial charge in [-0.05, 0) is 264 Å². The summed E-state index contributed by atoms with van der Waals surface area (Å²) in [7, 11) is 20.3. The number of carbonyl (C=O) groups excluding carboxylic acids is 3. The van der Waals surface area contributed by atoms with Crippen LogP contribution >= 0.6 is 0 Å². The van der Waals surface area contributed by atoms with Gasteiger partial charge in [0.2, 0.25) is 11.8 Å². The van der Waals surface area contributed by atoms with Gasteiger partial charge in [-0.3, -0.25) is 29.1 Å². The minimum Gasteiger partial charge on any atom is -0.497 e. The number of carbonyl (C=O) groups is 3. The summed E-state index contributed by atoms with van der Waals surface area (Å²) in [6, 6.07) is 74.2. The molecule has 2 amide bonds. The maximum atomic E-state index is 13.0. The molecule has 0 atom stereocenters. The number of allylic oxidation sites excluding steroid dienone is 1. The topological polar surface area (TPSA) is 148 Å². The van der Waals surface area contributed by atoms with Gasteiger partial charge in [0.05, 0.1) is 19.9 Å². The van der Waals surface area contributed by atoms with E-state index in [9.17, 15) is 14.4 Å². The van der Waals surface area contributed by atoms with E-state index in [1.165, 1.54) is 99.8 Å². The Bertz CT molecular complexity index is 6090. The molecule has 137 heavy (non-hydrogen) atoms. The first kappa shape index (κ1) is 102. The van der Waals surface area contributed by atoms with Crippen LogP contribution in [0.15, 0.2) is 231 Å². The summed E-state index contributed by atoms with van der Waals surface area (Å²) in [6.07, 6.45) is 20.3. The fourth-order valence-electron chi connectivity index (χ4n) is 19.3. The lowest BCUT2D eigenvalue weighted by atomic mass is 10.1. The lowest BCUT2D eigenvalue weighted by Crippen LogP contribution is -2.48. The highest BCUT2D eigenvalue weighted by Crippen LogP contribution is 2.37. The van der Waals surface area contributed by atoms with Crippen molar-refractivity contribution in [2.45, 2.75) is 125 Å². The summed E-state index contributed by atoms with van der Waals surface area (Å²) in [6.45, 7) is 32.8. The number of fused-ring (bicyclic) bond motifs is 4. The largest absolute Gasteiger partial charge is 0.497 e. The molecular weight excluding hydrogens is 1700 g/mol. The van der Waals surface area contributed by atoms with Gasteiger partial charge in [0, 0.05) is 238 Å². The Labute approximate surface area is 815 Å². The Morgan fingerprint density at radius 1 is 0.343 bits per heavy atom. The molecule has 0 aliphatic carbocycles. The number of aromatic nitrogens is 6. The van der Waals surface area contributed by atoms with Crippen LogP contribution < -0.4 is 14.4 Å². The normalized spacial score (nSPS) is 14.2. The molecular formula is C116H150N16O5. The number of benzene rings is 8. The molecule has 0 spiro atoms. The fourth-order valence-corrected chi connectivity index (χ4v) is 19.3. The van der Waals surface area contributed by atoms with Crippen LogP contribution in [0.2, 0.25) is 0 Å². The van der Waals surface area contributed by atoms with Gasteiger partial charge >= 0.3 is 0 Å². The number of hydrogen-bond acceptors (Lipinski definition) is 15. The number of ketones is 1. The Kier molecular flexibility index (Phi) is 38.4. The first-order valence-electron chi connectivity index (χ1n) is 49.6. The van der Waals surface area contributed by atoms with Gasteiger partial charge in [-0.1, -0.05) is 158 Å². The minimum absolute atomic E-state index is 0.0953. The zero-order chi connectivity index (χ0) is 96.7. The maximum absolute atomic E-state index is 13.0. The van der Waals surface area contributed by atoms with Crippen molar-refractivity contribution >= 4 is 85.3 Å². The average Bonchev–Trinajstić information content (AvgIpc) is 1.67. The SMILES string of the molecule is COc1ccc(CCN2CCN(C(=O)/C=C/c3c(C)n(CCCN(C)C)c4ccccc34)CC2)cc1.COc1ccc(CN2CCN(C(=O)/C=C/c3c(C)n(CCCN(C)C)c4ccccc34)CC2)cc1.Cc1c(/C=C/C(=O)CCCc2ccccc2)c2ccccc2n1CCCN(C)C.Cc1nc(-c2c(C)n(CCCN(C)C)c3ccccc23)cc(N2CCN(CCc3ccccc3)CC2)n1. The minimum atomic E-state index is 0.0953. The third-order valence-electron chi connectivity index (χ3n) is 27.1. The first-order valence-corrected chi connectivity index (χ1v) is 49.6. The van der Waals surface area contributed by atoms with Crippen LogP contribution in [0.25, 0.3) is 73.1 Å². The third-order valence-corrected chi connectivity index (χ3v) is 27.1. The molecule has 3 saturated heterocycles. The summed E-state index contributed by atoms with van der Waals surface area (Å²) in [5.41, 5.74) is 21.0. The zero-order valence-corrected chi connectivity index (χ0v) is 84.5. The van der Waals surface area contributed by atoms with Gasteiger partial charge < -0.3 is 62.0 Å². The second kappa shape index (κ2) is 51.4. The quantitative estimate of drug-likeness (QED) is 0.0338. The van der Waals surface area contributed by atoms with Crippen molar-refractivity contribution in [3.63, 3.8) is 0 Å². The van der Waals surface area contributed by atoms with E-state index in [0.717, 1.165) is 242 Å². The fraction of sp³-hybridized carbons (Fsp3) is 0.405. The highest BCUT2D eigenvalue weighted by Gasteiger charge is 2.27. The van der Waals surface area contributed by atoms with Crippen molar-refractivity contribution in [1.82, 2.24) is 72.3 Å². The smallest absolute Gasteiger partial charge is 0.246 e. The molecule has 5 aromatic heterocycles. The Hall–Kier alpha value is -12.1. The Morgan fingerprint density at radius 3 is 1.09 bits per heavy atom. The van der Waals surface area contributed by atoms with Crippen LogP contribution in [0.1, 0.15) is 106 Å². The van der Waals surface area contributed by atoms with Gasteiger partial charge in [-0.2, -0.15) is 0 Å². The number of rotatable bonds is 38. The summed E-state index contributed by atoms with van der Waals surface area (Å²) >= 11 is 0. The van der Waals surface area contributed by atoms with Crippen LogP contribution in [-0.4, -0.2) is 278 Å². The summed E-state index contributed by atoms with van der Waals surface area (Å²) in [5.74, 6) is 4.05. The number of anilines is 1. The zero-order valence-electron chi connectivity index (χ0n) is 84.5. The van der Waals surface area contributed by atoms with E-state index in [0.29, 0.717) is 6.42 Å². The molecule has 3 aliphatic rings. The van der Waals surface area contributed by atoms with Crippen LogP contribution in [0, 0.1) is 34.6 Å². The molecule has 724 valence electrons. The Balaban J connectivity index is 0.000000155. The molecule has 21 heteroatoms. The van der Waals surface area contributed by atoms with Crippen molar-refractivity contribution in [1.29, 1.82) is 0 Å². The average molecular weight is 1850 g/mol. The van der Waals surface area contributed by atoms with E-state index < -0.39 is 0 Å². The molecule has 0 N–H and O–H groups in total. The van der Waals surface area contributed by atoms with Gasteiger partial charge in [-0.15, -0.1) is 0 Å². The van der Waals surface area contributed by atoms with E-state index in [-0.39, 0.29) is 17.6 Å². The van der Waals surface area contributed by atoms with E-state index in [4.69, 9.17) is 19.4 Å². The van der Waals surface area contributed by atoms with Gasteiger partial charge in [0.15, 0.2) is 5.78 Å². The predicted octanol–water partition coefficient (Wildman–Crippen LogP) is 19.1. The molecule has 16 rings (SSSR count). The molecule has 0 bridgehead atoms. The number of methoxy groups -OCH3 is 2. The number of piperazine rings is 3. The third kappa shape index (κ3) is 28.8. The molecule has 21 nitrogen and oxygen atoms in total. The number of para-hydroxylation sites is 4. The molecule has 8 aromatic carbocycles. The molecule has 3 aliphatic heterocycles. The molecule has 8 heterocycles. The lowest BCUT2D eigenvalue weighted by Gasteiger charge is -2.35. The van der Waals surface area contributed by atoms with Crippen molar-refractivity contribution in [2.75, 3.05) is 193 Å².